The SMILES string of the molecule is CN=C(NCCc1ccccc1OC)N1CCC(CC(=O)NC)CC1.I. The van der Waals surface area contributed by atoms with Crippen LogP contribution in [0.15, 0.2) is 29.3 Å². The molecule has 1 aromatic carbocycles. The van der Waals surface area contributed by atoms with Gasteiger partial charge in [-0.3, -0.25) is 9.79 Å². The Balaban J connectivity index is 0.00000338. The van der Waals surface area contributed by atoms with Crippen LogP contribution in [0.25, 0.3) is 0 Å². The third kappa shape index (κ3) is 6.66. The minimum Gasteiger partial charge on any atom is -0.496 e. The molecule has 0 spiro atoms. The summed E-state index contributed by atoms with van der Waals surface area (Å²) in [4.78, 5) is 18.2. The van der Waals surface area contributed by atoms with Crippen molar-refractivity contribution in [2.24, 2.45) is 10.9 Å². The summed E-state index contributed by atoms with van der Waals surface area (Å²) in [5, 5.41) is 6.16. The van der Waals surface area contributed by atoms with E-state index >= 15 is 0 Å². The van der Waals surface area contributed by atoms with Gasteiger partial charge in [0.05, 0.1) is 7.11 Å². The van der Waals surface area contributed by atoms with E-state index in [0.717, 1.165) is 50.6 Å². The van der Waals surface area contributed by atoms with Gasteiger partial charge in [-0.05, 0) is 36.8 Å². The molecular weight excluding hydrogens is 443 g/mol. The molecule has 1 fully saturated rings. The summed E-state index contributed by atoms with van der Waals surface area (Å²) in [5.41, 5.74) is 1.19. The van der Waals surface area contributed by atoms with Crippen LogP contribution in [0.5, 0.6) is 5.75 Å². The van der Waals surface area contributed by atoms with Crippen molar-refractivity contribution in [3.63, 3.8) is 0 Å². The van der Waals surface area contributed by atoms with Crippen LogP contribution in [0.1, 0.15) is 24.8 Å². The minimum atomic E-state index is 0. The number of methoxy groups -OCH3 is 1. The van der Waals surface area contributed by atoms with Crippen molar-refractivity contribution in [1.29, 1.82) is 0 Å². The van der Waals surface area contributed by atoms with Gasteiger partial charge in [0.15, 0.2) is 5.96 Å². The van der Waals surface area contributed by atoms with Crippen LogP contribution in [0.4, 0.5) is 0 Å². The molecule has 0 atom stereocenters. The molecule has 6 nitrogen and oxygen atoms in total. The normalized spacial score (nSPS) is 15.2. The second-order valence-corrected chi connectivity index (χ2v) is 6.34. The highest BCUT2D eigenvalue weighted by molar-refractivity contribution is 14.0. The molecule has 0 saturated carbocycles. The van der Waals surface area contributed by atoms with Crippen LogP contribution in [-0.2, 0) is 11.2 Å². The van der Waals surface area contributed by atoms with E-state index in [1.807, 2.05) is 25.2 Å². The largest absolute Gasteiger partial charge is 0.496 e. The Hall–Kier alpha value is -1.51. The third-order valence-electron chi connectivity index (χ3n) is 4.75. The number of para-hydroxylation sites is 1. The van der Waals surface area contributed by atoms with Gasteiger partial charge in [0.25, 0.3) is 0 Å². The molecule has 0 unspecified atom stereocenters. The Labute approximate surface area is 173 Å². The van der Waals surface area contributed by atoms with Crippen LogP contribution in [0, 0.1) is 5.92 Å². The van der Waals surface area contributed by atoms with Gasteiger partial charge in [0, 0.05) is 40.2 Å². The number of aliphatic imine (C=N–C) groups is 1. The van der Waals surface area contributed by atoms with Crippen LogP contribution in [0.3, 0.4) is 0 Å². The van der Waals surface area contributed by atoms with Crippen molar-refractivity contribution < 1.29 is 9.53 Å². The number of likely N-dealkylation sites (tertiary alicyclic amines) is 1. The number of carbonyl (C=O) groups is 1. The van der Waals surface area contributed by atoms with Gasteiger partial charge in [-0.15, -0.1) is 24.0 Å². The van der Waals surface area contributed by atoms with E-state index in [4.69, 9.17) is 4.74 Å². The first-order valence-electron chi connectivity index (χ1n) is 8.96. The van der Waals surface area contributed by atoms with Crippen molar-refractivity contribution in [1.82, 2.24) is 15.5 Å². The van der Waals surface area contributed by atoms with Gasteiger partial charge >= 0.3 is 0 Å². The lowest BCUT2D eigenvalue weighted by atomic mass is 9.93. The molecule has 2 rings (SSSR count). The van der Waals surface area contributed by atoms with Gasteiger partial charge in [0.2, 0.25) is 5.91 Å². The Kier molecular flexibility index (Phi) is 10.4. The number of benzene rings is 1. The molecular formula is C19H31IN4O2. The molecule has 0 radical (unpaired) electrons. The van der Waals surface area contributed by atoms with E-state index in [9.17, 15) is 4.79 Å². The lowest BCUT2D eigenvalue weighted by Crippen LogP contribution is -2.46. The molecule has 146 valence electrons. The van der Waals surface area contributed by atoms with Gasteiger partial charge < -0.3 is 20.3 Å². The highest BCUT2D eigenvalue weighted by atomic mass is 127. The first-order chi connectivity index (χ1) is 12.2. The summed E-state index contributed by atoms with van der Waals surface area (Å²) in [6, 6.07) is 8.09. The second-order valence-electron chi connectivity index (χ2n) is 6.34. The van der Waals surface area contributed by atoms with E-state index < -0.39 is 0 Å². The lowest BCUT2D eigenvalue weighted by Gasteiger charge is -2.34. The fourth-order valence-corrected chi connectivity index (χ4v) is 3.26. The zero-order chi connectivity index (χ0) is 18.1. The molecule has 1 aliphatic heterocycles. The monoisotopic (exact) mass is 474 g/mol. The van der Waals surface area contributed by atoms with Crippen LogP contribution >= 0.6 is 24.0 Å². The predicted molar refractivity (Wildman–Crippen MR) is 116 cm³/mol. The van der Waals surface area contributed by atoms with E-state index in [1.165, 1.54) is 5.56 Å². The minimum absolute atomic E-state index is 0. The van der Waals surface area contributed by atoms with Gasteiger partial charge in [-0.1, -0.05) is 18.2 Å². The van der Waals surface area contributed by atoms with Crippen LogP contribution in [-0.4, -0.2) is 57.6 Å². The van der Waals surface area contributed by atoms with Gasteiger partial charge in [-0.25, -0.2) is 0 Å². The molecule has 1 heterocycles. The topological polar surface area (TPSA) is 66.0 Å². The summed E-state index contributed by atoms with van der Waals surface area (Å²) in [7, 11) is 5.22. The molecule has 26 heavy (non-hydrogen) atoms. The summed E-state index contributed by atoms with van der Waals surface area (Å²) in [6.45, 7) is 2.69. The molecule has 0 bridgehead atoms. The number of nitrogens with zero attached hydrogens (tertiary/aromatic N) is 2. The van der Waals surface area contributed by atoms with E-state index in [1.54, 1.807) is 14.2 Å². The number of carbonyl (C=O) groups excluding carboxylic acids is 1. The number of piperidine rings is 1. The molecule has 7 heteroatoms. The van der Waals surface area contributed by atoms with E-state index in [-0.39, 0.29) is 29.9 Å². The van der Waals surface area contributed by atoms with Gasteiger partial charge in [-0.2, -0.15) is 0 Å². The number of hydrogen-bond donors (Lipinski definition) is 2. The summed E-state index contributed by atoms with van der Waals surface area (Å²) in [5.74, 6) is 2.48. The zero-order valence-corrected chi connectivity index (χ0v) is 18.3. The lowest BCUT2D eigenvalue weighted by molar-refractivity contribution is -0.121. The van der Waals surface area contributed by atoms with Crippen LogP contribution in [0.2, 0.25) is 0 Å². The number of amides is 1. The van der Waals surface area contributed by atoms with Crippen LogP contribution < -0.4 is 15.4 Å². The van der Waals surface area contributed by atoms with Crippen molar-refractivity contribution in [3.05, 3.63) is 29.8 Å². The van der Waals surface area contributed by atoms with Crippen molar-refractivity contribution in [3.8, 4) is 5.75 Å². The highest BCUT2D eigenvalue weighted by Crippen LogP contribution is 2.20. The Morgan fingerprint density at radius 1 is 1.31 bits per heavy atom. The average molecular weight is 474 g/mol. The first-order valence-corrected chi connectivity index (χ1v) is 8.96. The first kappa shape index (κ1) is 22.5. The highest BCUT2D eigenvalue weighted by Gasteiger charge is 2.22. The predicted octanol–water partition coefficient (Wildman–Crippen LogP) is 2.28. The van der Waals surface area contributed by atoms with Crippen molar-refractivity contribution in [2.75, 3.05) is 40.8 Å². The molecule has 1 aromatic rings. The number of ether oxygens (including phenoxy) is 1. The molecule has 0 aromatic heterocycles. The van der Waals surface area contributed by atoms with Gasteiger partial charge in [0.1, 0.15) is 5.75 Å². The average Bonchev–Trinajstić information content (AvgIpc) is 2.66. The summed E-state index contributed by atoms with van der Waals surface area (Å²) in [6.07, 6.45) is 3.57. The molecule has 1 aliphatic rings. The fourth-order valence-electron chi connectivity index (χ4n) is 3.26. The molecule has 1 saturated heterocycles. The quantitative estimate of drug-likeness (QED) is 0.377. The molecule has 1 amide bonds. The van der Waals surface area contributed by atoms with E-state index in [0.29, 0.717) is 12.3 Å². The summed E-state index contributed by atoms with van der Waals surface area (Å²) < 4.78 is 5.40. The maximum absolute atomic E-state index is 11.5. The maximum atomic E-state index is 11.5. The zero-order valence-electron chi connectivity index (χ0n) is 16.0. The maximum Gasteiger partial charge on any atom is 0.220 e. The number of nitrogens with one attached hydrogen (secondary N) is 2. The Morgan fingerprint density at radius 3 is 2.62 bits per heavy atom. The third-order valence-corrected chi connectivity index (χ3v) is 4.75. The number of hydrogen-bond acceptors (Lipinski definition) is 3. The Morgan fingerprint density at radius 2 is 2.00 bits per heavy atom. The number of halogens is 1. The van der Waals surface area contributed by atoms with E-state index in [2.05, 4.69) is 26.6 Å². The Bertz CT molecular complexity index is 587. The fraction of sp³-hybridized carbons (Fsp3) is 0.579. The second kappa shape index (κ2) is 12.0. The standard InChI is InChI=1S/C19H30N4O2.HI/c1-20-18(24)14-15-9-12-23(13-10-15)19(21-2)22-11-8-16-6-4-5-7-17(16)25-3;/h4-7,15H,8-14H2,1-3H3,(H,20,24)(H,21,22);1H. The number of guanidine groups is 1. The molecule has 0 aliphatic carbocycles. The number of rotatable bonds is 6. The van der Waals surface area contributed by atoms with Crippen molar-refractivity contribution >= 4 is 35.8 Å². The van der Waals surface area contributed by atoms with Crippen molar-refractivity contribution in [2.45, 2.75) is 25.7 Å². The molecule has 2 N–H and O–H groups in total. The smallest absolute Gasteiger partial charge is 0.220 e. The summed E-state index contributed by atoms with van der Waals surface area (Å²) >= 11 is 0.